The van der Waals surface area contributed by atoms with Gasteiger partial charge in [0.1, 0.15) is 11.4 Å². The van der Waals surface area contributed by atoms with Crippen LogP contribution in [0.5, 0.6) is 5.75 Å². The standard InChI is InChI=1S/C12H10F3N3O3/c1-6-5-16-18(11(21)9(6)19)8-4-3-7(12(13,14)15)10(20)17(8)2/h3-5,19H,1-2H3. The van der Waals surface area contributed by atoms with Crippen LogP contribution >= 0.6 is 0 Å². The number of nitrogens with zero attached hydrogens (tertiary/aromatic N) is 3. The van der Waals surface area contributed by atoms with Crippen molar-refractivity contribution in [2.75, 3.05) is 0 Å². The van der Waals surface area contributed by atoms with Gasteiger partial charge in [-0.25, -0.2) is 0 Å². The number of rotatable bonds is 1. The lowest BCUT2D eigenvalue weighted by molar-refractivity contribution is -0.138. The van der Waals surface area contributed by atoms with Gasteiger partial charge in [0.25, 0.3) is 5.56 Å². The first-order chi connectivity index (χ1) is 9.64. The largest absolute Gasteiger partial charge is 0.503 e. The number of aromatic hydroxyl groups is 1. The van der Waals surface area contributed by atoms with Crippen molar-refractivity contribution >= 4 is 0 Å². The first-order valence-corrected chi connectivity index (χ1v) is 5.70. The molecule has 9 heteroatoms. The average Bonchev–Trinajstić information content (AvgIpc) is 2.39. The van der Waals surface area contributed by atoms with Gasteiger partial charge >= 0.3 is 11.7 Å². The predicted octanol–water partition coefficient (Wildman–Crippen LogP) is 0.964. The van der Waals surface area contributed by atoms with E-state index in [9.17, 15) is 27.9 Å². The van der Waals surface area contributed by atoms with E-state index in [1.165, 1.54) is 13.1 Å². The predicted molar refractivity (Wildman–Crippen MR) is 66.5 cm³/mol. The SMILES string of the molecule is Cc1cnn(-c2ccc(C(F)(F)F)c(=O)n2C)c(=O)c1O. The van der Waals surface area contributed by atoms with Gasteiger partial charge in [0.2, 0.25) is 0 Å². The van der Waals surface area contributed by atoms with Crippen molar-refractivity contribution in [3.8, 4) is 11.6 Å². The maximum absolute atomic E-state index is 12.6. The Hall–Kier alpha value is -2.58. The Balaban J connectivity index is 2.74. The second-order valence-corrected chi connectivity index (χ2v) is 4.36. The van der Waals surface area contributed by atoms with Gasteiger partial charge in [0.05, 0.1) is 6.20 Å². The van der Waals surface area contributed by atoms with E-state index < -0.39 is 28.6 Å². The lowest BCUT2D eigenvalue weighted by Crippen LogP contribution is -2.32. The summed E-state index contributed by atoms with van der Waals surface area (Å²) in [5.41, 5.74) is -3.37. The molecular formula is C12H10F3N3O3. The zero-order valence-electron chi connectivity index (χ0n) is 11.0. The molecule has 0 unspecified atom stereocenters. The zero-order chi connectivity index (χ0) is 15.9. The number of halogens is 3. The fourth-order valence-electron chi connectivity index (χ4n) is 1.74. The highest BCUT2D eigenvalue weighted by molar-refractivity contribution is 5.32. The van der Waals surface area contributed by atoms with Crippen LogP contribution < -0.4 is 11.1 Å². The van der Waals surface area contributed by atoms with Gasteiger partial charge in [-0.3, -0.25) is 14.2 Å². The van der Waals surface area contributed by atoms with Gasteiger partial charge in [0, 0.05) is 12.6 Å². The number of alkyl halides is 3. The third-order valence-electron chi connectivity index (χ3n) is 2.94. The van der Waals surface area contributed by atoms with Crippen LogP contribution in [-0.2, 0) is 13.2 Å². The van der Waals surface area contributed by atoms with E-state index in [2.05, 4.69) is 5.10 Å². The molecule has 0 aliphatic carbocycles. The Morgan fingerprint density at radius 1 is 1.19 bits per heavy atom. The molecule has 0 aromatic carbocycles. The number of pyridine rings is 1. The zero-order valence-corrected chi connectivity index (χ0v) is 11.0. The molecule has 0 fully saturated rings. The van der Waals surface area contributed by atoms with Crippen molar-refractivity contribution in [1.82, 2.24) is 14.3 Å². The molecule has 2 heterocycles. The van der Waals surface area contributed by atoms with Crippen LogP contribution in [0.25, 0.3) is 5.82 Å². The molecule has 21 heavy (non-hydrogen) atoms. The molecule has 2 aromatic heterocycles. The van der Waals surface area contributed by atoms with E-state index in [1.54, 1.807) is 0 Å². The van der Waals surface area contributed by atoms with Gasteiger partial charge in [-0.15, -0.1) is 0 Å². The Labute approximate surface area is 115 Å². The van der Waals surface area contributed by atoms with Crippen molar-refractivity contribution in [2.45, 2.75) is 13.1 Å². The van der Waals surface area contributed by atoms with Crippen LogP contribution in [0.2, 0.25) is 0 Å². The van der Waals surface area contributed by atoms with Crippen LogP contribution in [0, 0.1) is 6.92 Å². The van der Waals surface area contributed by atoms with Gasteiger partial charge in [-0.2, -0.15) is 23.0 Å². The van der Waals surface area contributed by atoms with Crippen LogP contribution in [0.15, 0.2) is 27.9 Å². The summed E-state index contributed by atoms with van der Waals surface area (Å²) in [4.78, 5) is 23.6. The second kappa shape index (κ2) is 4.76. The van der Waals surface area contributed by atoms with Crippen molar-refractivity contribution in [2.24, 2.45) is 7.05 Å². The molecule has 1 N–H and O–H groups in total. The third kappa shape index (κ3) is 2.41. The minimum atomic E-state index is -4.79. The van der Waals surface area contributed by atoms with E-state index in [0.717, 1.165) is 13.1 Å². The smallest absolute Gasteiger partial charge is 0.421 e. The van der Waals surface area contributed by atoms with Crippen LogP contribution in [0.1, 0.15) is 11.1 Å². The van der Waals surface area contributed by atoms with Gasteiger partial charge in [-0.1, -0.05) is 0 Å². The molecule has 2 aromatic rings. The maximum atomic E-state index is 12.6. The topological polar surface area (TPSA) is 77.1 Å². The molecule has 0 aliphatic heterocycles. The Kier molecular flexibility index (Phi) is 3.36. The quantitative estimate of drug-likeness (QED) is 0.851. The Morgan fingerprint density at radius 3 is 2.38 bits per heavy atom. The van der Waals surface area contributed by atoms with Crippen LogP contribution in [-0.4, -0.2) is 19.5 Å². The van der Waals surface area contributed by atoms with Gasteiger partial charge < -0.3 is 5.11 Å². The van der Waals surface area contributed by atoms with E-state index >= 15 is 0 Å². The molecule has 6 nitrogen and oxygen atoms in total. The molecule has 0 saturated heterocycles. The maximum Gasteiger partial charge on any atom is 0.421 e. The molecule has 112 valence electrons. The summed E-state index contributed by atoms with van der Waals surface area (Å²) in [6.07, 6.45) is -3.62. The number of hydrogen-bond donors (Lipinski definition) is 1. The summed E-state index contributed by atoms with van der Waals surface area (Å²) in [5, 5.41) is 13.3. The third-order valence-corrected chi connectivity index (χ3v) is 2.94. The van der Waals surface area contributed by atoms with E-state index in [4.69, 9.17) is 0 Å². The minimum absolute atomic E-state index is 0.187. The molecule has 0 aliphatic rings. The summed E-state index contributed by atoms with van der Waals surface area (Å²) in [6.45, 7) is 1.44. The first kappa shape index (κ1) is 14.8. The van der Waals surface area contributed by atoms with Crippen molar-refractivity contribution in [3.63, 3.8) is 0 Å². The van der Waals surface area contributed by atoms with Gasteiger partial charge in [0.15, 0.2) is 5.75 Å². The highest BCUT2D eigenvalue weighted by Gasteiger charge is 2.34. The molecule has 0 atom stereocenters. The summed E-state index contributed by atoms with van der Waals surface area (Å²) < 4.78 is 39.2. The Bertz CT molecular complexity index is 821. The molecule has 2 rings (SSSR count). The lowest BCUT2D eigenvalue weighted by atomic mass is 10.2. The highest BCUT2D eigenvalue weighted by Crippen LogP contribution is 2.26. The number of aryl methyl sites for hydroxylation is 1. The molecule has 0 radical (unpaired) electrons. The van der Waals surface area contributed by atoms with Gasteiger partial charge in [-0.05, 0) is 19.1 Å². The molecule has 0 bridgehead atoms. The first-order valence-electron chi connectivity index (χ1n) is 5.70. The monoisotopic (exact) mass is 301 g/mol. The van der Waals surface area contributed by atoms with Crippen molar-refractivity contribution in [1.29, 1.82) is 0 Å². The Morgan fingerprint density at radius 2 is 1.81 bits per heavy atom. The summed E-state index contributed by atoms with van der Waals surface area (Å²) in [6, 6.07) is 1.51. The van der Waals surface area contributed by atoms with Crippen molar-refractivity contribution < 1.29 is 18.3 Å². The van der Waals surface area contributed by atoms with Crippen LogP contribution in [0.3, 0.4) is 0 Å². The average molecular weight is 301 g/mol. The number of aromatic nitrogens is 3. The molecule has 0 spiro atoms. The summed E-state index contributed by atoms with van der Waals surface area (Å²) in [7, 11) is 1.08. The second-order valence-electron chi connectivity index (χ2n) is 4.36. The summed E-state index contributed by atoms with van der Waals surface area (Å²) in [5.74, 6) is -0.773. The minimum Gasteiger partial charge on any atom is -0.503 e. The van der Waals surface area contributed by atoms with Crippen molar-refractivity contribution in [3.05, 3.63) is 50.2 Å². The number of hydrogen-bond acceptors (Lipinski definition) is 4. The lowest BCUT2D eigenvalue weighted by Gasteiger charge is -2.13. The molecule has 0 saturated carbocycles. The summed E-state index contributed by atoms with van der Waals surface area (Å²) >= 11 is 0. The molecular weight excluding hydrogens is 291 g/mol. The van der Waals surface area contributed by atoms with E-state index in [-0.39, 0.29) is 11.4 Å². The molecule has 0 amide bonds. The fraction of sp³-hybridized carbons (Fsp3) is 0.250. The van der Waals surface area contributed by atoms with Crippen LogP contribution in [0.4, 0.5) is 13.2 Å². The normalized spacial score (nSPS) is 11.7. The fourth-order valence-corrected chi connectivity index (χ4v) is 1.74. The highest BCUT2D eigenvalue weighted by atomic mass is 19.4. The van der Waals surface area contributed by atoms with E-state index in [1.807, 2.05) is 0 Å². The van der Waals surface area contributed by atoms with E-state index in [0.29, 0.717) is 15.3 Å².